The highest BCUT2D eigenvalue weighted by molar-refractivity contribution is 7.92. The molecule has 1 aliphatic heterocycles. The number of sulfonamides is 1. The molecule has 2 aromatic carbocycles. The van der Waals surface area contributed by atoms with Gasteiger partial charge in [-0.2, -0.15) is 0 Å². The molecule has 0 atom stereocenters. The van der Waals surface area contributed by atoms with Crippen molar-refractivity contribution in [1.82, 2.24) is 0 Å². The minimum Gasteiger partial charge on any atom is -0.497 e. The molecule has 1 aliphatic rings. The lowest BCUT2D eigenvalue weighted by Gasteiger charge is -2.23. The van der Waals surface area contributed by atoms with Crippen LogP contribution in [0.4, 0.5) is 11.4 Å². The first-order valence-corrected chi connectivity index (χ1v) is 10.7. The molecule has 0 aliphatic carbocycles. The van der Waals surface area contributed by atoms with E-state index in [0.29, 0.717) is 30.8 Å². The zero-order valence-electron chi connectivity index (χ0n) is 15.6. The number of hydrogen-bond acceptors (Lipinski definition) is 4. The molecular formula is C20H24N2O4S. The van der Waals surface area contributed by atoms with Crippen LogP contribution in [0, 0.1) is 0 Å². The lowest BCUT2D eigenvalue weighted by atomic mass is 10.2. The fourth-order valence-electron chi connectivity index (χ4n) is 3.36. The van der Waals surface area contributed by atoms with Crippen molar-refractivity contribution < 1.29 is 17.9 Å². The van der Waals surface area contributed by atoms with E-state index in [2.05, 4.69) is 0 Å². The third kappa shape index (κ3) is 4.42. The molecule has 0 aromatic heterocycles. The van der Waals surface area contributed by atoms with Crippen LogP contribution in [0.15, 0.2) is 48.5 Å². The van der Waals surface area contributed by atoms with Crippen molar-refractivity contribution in [3.8, 4) is 5.75 Å². The molecule has 0 saturated heterocycles. The number of hydrogen-bond donors (Lipinski definition) is 0. The summed E-state index contributed by atoms with van der Waals surface area (Å²) in [6.07, 6.45) is 2.78. The number of methoxy groups -OCH3 is 1. The maximum absolute atomic E-state index is 12.6. The summed E-state index contributed by atoms with van der Waals surface area (Å²) in [6.45, 7) is 0.928. The lowest BCUT2D eigenvalue weighted by molar-refractivity contribution is -0.118. The molecule has 144 valence electrons. The van der Waals surface area contributed by atoms with Crippen LogP contribution in [-0.4, -0.2) is 40.8 Å². The number of anilines is 2. The minimum absolute atomic E-state index is 0.0269. The zero-order chi connectivity index (χ0) is 19.4. The van der Waals surface area contributed by atoms with E-state index in [1.165, 1.54) is 23.2 Å². The van der Waals surface area contributed by atoms with Gasteiger partial charge in [0.15, 0.2) is 0 Å². The second-order valence-corrected chi connectivity index (χ2v) is 8.47. The van der Waals surface area contributed by atoms with Gasteiger partial charge in [-0.25, -0.2) is 8.42 Å². The summed E-state index contributed by atoms with van der Waals surface area (Å²) < 4.78 is 30.9. The Hall–Kier alpha value is -2.54. The van der Waals surface area contributed by atoms with Crippen LogP contribution in [0.2, 0.25) is 0 Å². The van der Waals surface area contributed by atoms with Gasteiger partial charge >= 0.3 is 0 Å². The average molecular weight is 388 g/mol. The normalized spacial score (nSPS) is 13.3. The van der Waals surface area contributed by atoms with Gasteiger partial charge in [0.2, 0.25) is 15.9 Å². The van der Waals surface area contributed by atoms with E-state index in [1.807, 2.05) is 24.3 Å². The third-order valence-electron chi connectivity index (χ3n) is 4.68. The molecule has 0 radical (unpaired) electrons. The zero-order valence-corrected chi connectivity index (χ0v) is 16.4. The van der Waals surface area contributed by atoms with Gasteiger partial charge in [0.05, 0.1) is 19.1 Å². The SMILES string of the molecule is COc1cccc(N(CCCC(=O)N2CCc3ccccc32)S(C)(=O)=O)c1. The van der Waals surface area contributed by atoms with Crippen molar-refractivity contribution in [2.45, 2.75) is 19.3 Å². The van der Waals surface area contributed by atoms with Gasteiger partial charge < -0.3 is 9.64 Å². The van der Waals surface area contributed by atoms with Gasteiger partial charge in [0.25, 0.3) is 0 Å². The number of para-hydroxylation sites is 1. The van der Waals surface area contributed by atoms with Crippen LogP contribution in [-0.2, 0) is 21.2 Å². The summed E-state index contributed by atoms with van der Waals surface area (Å²) >= 11 is 0. The molecule has 1 heterocycles. The largest absolute Gasteiger partial charge is 0.497 e. The molecule has 27 heavy (non-hydrogen) atoms. The fourth-order valence-corrected chi connectivity index (χ4v) is 4.32. The smallest absolute Gasteiger partial charge is 0.232 e. The summed E-state index contributed by atoms with van der Waals surface area (Å²) in [4.78, 5) is 14.4. The van der Waals surface area contributed by atoms with E-state index in [4.69, 9.17) is 4.74 Å². The Morgan fingerprint density at radius 3 is 2.70 bits per heavy atom. The van der Waals surface area contributed by atoms with Crippen molar-refractivity contribution in [3.05, 3.63) is 54.1 Å². The topological polar surface area (TPSA) is 66.9 Å². The van der Waals surface area contributed by atoms with Crippen LogP contribution in [0.3, 0.4) is 0 Å². The van der Waals surface area contributed by atoms with Crippen LogP contribution >= 0.6 is 0 Å². The van der Waals surface area contributed by atoms with Crippen molar-refractivity contribution >= 4 is 27.3 Å². The summed E-state index contributed by atoms with van der Waals surface area (Å²) in [5, 5.41) is 0. The van der Waals surface area contributed by atoms with Crippen molar-refractivity contribution in [3.63, 3.8) is 0 Å². The van der Waals surface area contributed by atoms with Gasteiger partial charge in [-0.3, -0.25) is 9.10 Å². The molecule has 0 saturated carbocycles. The first kappa shape index (κ1) is 19.2. The predicted molar refractivity (Wildman–Crippen MR) is 107 cm³/mol. The quantitative estimate of drug-likeness (QED) is 0.732. The van der Waals surface area contributed by atoms with Gasteiger partial charge in [0.1, 0.15) is 5.75 Å². The number of carbonyl (C=O) groups is 1. The number of benzene rings is 2. The number of nitrogens with zero attached hydrogens (tertiary/aromatic N) is 2. The highest BCUT2D eigenvalue weighted by atomic mass is 32.2. The maximum Gasteiger partial charge on any atom is 0.232 e. The van der Waals surface area contributed by atoms with Crippen molar-refractivity contribution in [1.29, 1.82) is 0 Å². The number of carbonyl (C=O) groups excluding carboxylic acids is 1. The van der Waals surface area contributed by atoms with Gasteiger partial charge in [0, 0.05) is 31.3 Å². The van der Waals surface area contributed by atoms with Crippen LogP contribution in [0.25, 0.3) is 0 Å². The number of fused-ring (bicyclic) bond motifs is 1. The Kier molecular flexibility index (Phi) is 5.70. The molecule has 0 unspecified atom stereocenters. The lowest BCUT2D eigenvalue weighted by Crippen LogP contribution is -2.33. The highest BCUT2D eigenvalue weighted by Crippen LogP contribution is 2.28. The minimum atomic E-state index is -3.46. The van der Waals surface area contributed by atoms with Crippen molar-refractivity contribution in [2.24, 2.45) is 0 Å². The Morgan fingerprint density at radius 1 is 1.19 bits per heavy atom. The second-order valence-electron chi connectivity index (χ2n) is 6.56. The summed E-state index contributed by atoms with van der Waals surface area (Å²) in [6, 6.07) is 14.8. The third-order valence-corrected chi connectivity index (χ3v) is 5.88. The monoisotopic (exact) mass is 388 g/mol. The Labute approximate surface area is 160 Å². The van der Waals surface area contributed by atoms with E-state index in [-0.39, 0.29) is 12.5 Å². The predicted octanol–water partition coefficient (Wildman–Crippen LogP) is 2.83. The number of ether oxygens (including phenoxy) is 1. The Bertz CT molecular complexity index is 927. The van der Waals surface area contributed by atoms with E-state index < -0.39 is 10.0 Å². The number of rotatable bonds is 7. The second kappa shape index (κ2) is 8.00. The van der Waals surface area contributed by atoms with Gasteiger partial charge in [-0.1, -0.05) is 24.3 Å². The Balaban J connectivity index is 1.66. The Morgan fingerprint density at radius 2 is 1.96 bits per heavy atom. The van der Waals surface area contributed by atoms with E-state index >= 15 is 0 Å². The van der Waals surface area contributed by atoms with Crippen LogP contribution < -0.4 is 13.9 Å². The summed E-state index contributed by atoms with van der Waals surface area (Å²) in [7, 11) is -1.92. The molecule has 7 heteroatoms. The van der Waals surface area contributed by atoms with E-state index in [1.54, 1.807) is 29.2 Å². The summed E-state index contributed by atoms with van der Waals surface area (Å²) in [5.41, 5.74) is 2.69. The molecule has 3 rings (SSSR count). The molecule has 6 nitrogen and oxygen atoms in total. The molecule has 0 bridgehead atoms. The molecule has 0 fully saturated rings. The van der Waals surface area contributed by atoms with E-state index in [9.17, 15) is 13.2 Å². The first-order chi connectivity index (χ1) is 12.9. The van der Waals surface area contributed by atoms with Gasteiger partial charge in [-0.05, 0) is 36.6 Å². The fraction of sp³-hybridized carbons (Fsp3) is 0.350. The van der Waals surface area contributed by atoms with E-state index in [0.717, 1.165) is 12.1 Å². The van der Waals surface area contributed by atoms with Crippen LogP contribution in [0.5, 0.6) is 5.75 Å². The molecule has 0 spiro atoms. The summed E-state index contributed by atoms with van der Waals surface area (Å²) in [5.74, 6) is 0.616. The number of amides is 1. The standard InChI is InChI=1S/C20H24N2O4S/c1-26-18-9-5-8-17(15-18)22(27(2,24)25)13-6-11-20(23)21-14-12-16-7-3-4-10-19(16)21/h3-5,7-10,15H,6,11-14H2,1-2H3. The van der Waals surface area contributed by atoms with Crippen LogP contribution in [0.1, 0.15) is 18.4 Å². The molecular weight excluding hydrogens is 364 g/mol. The maximum atomic E-state index is 12.6. The molecule has 2 aromatic rings. The molecule has 0 N–H and O–H groups in total. The molecule has 1 amide bonds. The van der Waals surface area contributed by atoms with Crippen molar-refractivity contribution in [2.75, 3.05) is 35.7 Å². The highest BCUT2D eigenvalue weighted by Gasteiger charge is 2.24. The average Bonchev–Trinajstić information content (AvgIpc) is 3.08. The van der Waals surface area contributed by atoms with Gasteiger partial charge in [-0.15, -0.1) is 0 Å². The first-order valence-electron chi connectivity index (χ1n) is 8.90.